The Bertz CT molecular complexity index is 1000. The molecule has 2 fully saturated rings. The number of hydrogen-bond donors (Lipinski definition) is 2. The zero-order valence-electron chi connectivity index (χ0n) is 18.0. The Morgan fingerprint density at radius 3 is 2.56 bits per heavy atom. The van der Waals surface area contributed by atoms with Gasteiger partial charge in [-0.2, -0.15) is 9.29 Å². The molecular formula is C22H30N4O5S. The van der Waals surface area contributed by atoms with E-state index in [-0.39, 0.29) is 17.6 Å². The number of aromatic nitrogens is 2. The Labute approximate surface area is 188 Å². The summed E-state index contributed by atoms with van der Waals surface area (Å²) in [7, 11) is -3.46. The van der Waals surface area contributed by atoms with E-state index in [0.29, 0.717) is 24.4 Å². The fourth-order valence-corrected chi connectivity index (χ4v) is 6.92. The summed E-state index contributed by atoms with van der Waals surface area (Å²) in [6.45, 7) is 0.444. The lowest BCUT2D eigenvalue weighted by Crippen LogP contribution is -2.41. The van der Waals surface area contributed by atoms with E-state index in [1.807, 2.05) is 6.07 Å². The van der Waals surface area contributed by atoms with Crippen LogP contribution < -0.4 is 5.32 Å². The molecule has 174 valence electrons. The number of sulfonamides is 1. The molecule has 4 rings (SSSR count). The van der Waals surface area contributed by atoms with E-state index in [2.05, 4.69) is 15.5 Å². The number of piperidine rings is 1. The molecule has 1 aliphatic carbocycles. The molecule has 1 saturated heterocycles. The molecule has 2 heterocycles. The molecule has 0 radical (unpaired) electrons. The van der Waals surface area contributed by atoms with Crippen LogP contribution in [0.2, 0.25) is 0 Å². The fraction of sp³-hybridized carbons (Fsp3) is 0.591. The van der Waals surface area contributed by atoms with Crippen LogP contribution in [0.15, 0.2) is 34.9 Å². The largest absolute Gasteiger partial charge is 0.465 e. The summed E-state index contributed by atoms with van der Waals surface area (Å²) in [6.07, 6.45) is 6.37. The zero-order valence-corrected chi connectivity index (χ0v) is 18.8. The van der Waals surface area contributed by atoms with Gasteiger partial charge in [0.15, 0.2) is 5.82 Å². The summed E-state index contributed by atoms with van der Waals surface area (Å²) < 4.78 is 33.6. The number of carboxylic acid groups (broad SMARTS) is 1. The number of amides is 1. The molecule has 0 unspecified atom stereocenters. The van der Waals surface area contributed by atoms with Gasteiger partial charge in [0.1, 0.15) is 6.04 Å². The molecule has 2 N–H and O–H groups in total. The average Bonchev–Trinajstić information content (AvgIpc) is 3.28. The highest BCUT2D eigenvalue weighted by molar-refractivity contribution is 7.89. The van der Waals surface area contributed by atoms with Gasteiger partial charge < -0.3 is 14.9 Å². The normalized spacial score (nSPS) is 21.8. The summed E-state index contributed by atoms with van der Waals surface area (Å²) in [5.41, 5.74) is 0.663. The minimum Gasteiger partial charge on any atom is -0.465 e. The molecule has 1 aliphatic heterocycles. The smallest absolute Gasteiger partial charge is 0.405 e. The van der Waals surface area contributed by atoms with Gasteiger partial charge in [-0.15, -0.1) is 0 Å². The molecule has 1 aromatic carbocycles. The molecule has 10 heteroatoms. The van der Waals surface area contributed by atoms with Crippen molar-refractivity contribution in [3.63, 3.8) is 0 Å². The van der Waals surface area contributed by atoms with Gasteiger partial charge >= 0.3 is 6.09 Å². The van der Waals surface area contributed by atoms with Gasteiger partial charge in [0.05, 0.1) is 11.8 Å². The van der Waals surface area contributed by atoms with E-state index >= 15 is 0 Å². The maximum absolute atomic E-state index is 13.3. The van der Waals surface area contributed by atoms with Crippen molar-refractivity contribution < 1.29 is 22.8 Å². The SMILES string of the molecule is O=C(O)N[C@H](c1ccccc1)c1nc([C@@H]2CCCCN2S(=O)(=O)CC2CCCCC2)no1. The standard InChI is InChI=1S/C22H30N4O5S/c27-22(28)23-19(17-11-5-2-6-12-17)21-24-20(25-31-21)18-13-7-8-14-26(18)32(29,30)15-16-9-3-1-4-10-16/h2,5-6,11-12,16,18-19,23H,1,3-4,7-10,13-15H2,(H,27,28)/t18-,19+/m0/s1. The molecule has 0 bridgehead atoms. The van der Waals surface area contributed by atoms with Gasteiger partial charge in [0, 0.05) is 6.54 Å². The predicted octanol–water partition coefficient (Wildman–Crippen LogP) is 3.86. The van der Waals surface area contributed by atoms with Crippen LogP contribution >= 0.6 is 0 Å². The topological polar surface area (TPSA) is 126 Å². The van der Waals surface area contributed by atoms with E-state index < -0.39 is 28.2 Å². The molecule has 1 amide bonds. The monoisotopic (exact) mass is 462 g/mol. The number of rotatable bonds is 7. The van der Waals surface area contributed by atoms with Crippen LogP contribution in [-0.2, 0) is 10.0 Å². The summed E-state index contributed by atoms with van der Waals surface area (Å²) in [5.74, 6) is 0.768. The van der Waals surface area contributed by atoms with Gasteiger partial charge in [0.25, 0.3) is 5.89 Å². The van der Waals surface area contributed by atoms with E-state index in [1.165, 1.54) is 6.42 Å². The van der Waals surface area contributed by atoms with Crippen LogP contribution in [-0.4, -0.2) is 46.4 Å². The second-order valence-corrected chi connectivity index (χ2v) is 10.7. The Morgan fingerprint density at radius 1 is 1.12 bits per heavy atom. The van der Waals surface area contributed by atoms with E-state index in [0.717, 1.165) is 38.5 Å². The molecule has 0 spiro atoms. The average molecular weight is 463 g/mol. The molecule has 2 aliphatic rings. The zero-order chi connectivity index (χ0) is 22.6. The molecule has 9 nitrogen and oxygen atoms in total. The minimum atomic E-state index is -3.46. The third kappa shape index (κ3) is 5.29. The highest BCUT2D eigenvalue weighted by atomic mass is 32.2. The summed E-state index contributed by atoms with van der Waals surface area (Å²) >= 11 is 0. The van der Waals surface area contributed by atoms with Crippen LogP contribution in [0.25, 0.3) is 0 Å². The van der Waals surface area contributed by atoms with Crippen LogP contribution in [0, 0.1) is 5.92 Å². The lowest BCUT2D eigenvalue weighted by molar-refractivity contribution is 0.189. The van der Waals surface area contributed by atoms with E-state index in [1.54, 1.807) is 28.6 Å². The summed E-state index contributed by atoms with van der Waals surface area (Å²) in [5, 5.41) is 15.8. The number of nitrogens with one attached hydrogen (secondary N) is 1. The van der Waals surface area contributed by atoms with Gasteiger partial charge in [-0.3, -0.25) is 0 Å². The highest BCUT2D eigenvalue weighted by Crippen LogP contribution is 2.35. The summed E-state index contributed by atoms with van der Waals surface area (Å²) in [4.78, 5) is 15.8. The van der Waals surface area contributed by atoms with Crippen LogP contribution in [0.3, 0.4) is 0 Å². The Balaban J connectivity index is 1.57. The maximum Gasteiger partial charge on any atom is 0.405 e. The first-order chi connectivity index (χ1) is 15.4. The highest BCUT2D eigenvalue weighted by Gasteiger charge is 2.38. The third-order valence-electron chi connectivity index (χ3n) is 6.39. The van der Waals surface area contributed by atoms with Crippen molar-refractivity contribution in [3.05, 3.63) is 47.6 Å². The predicted molar refractivity (Wildman–Crippen MR) is 117 cm³/mol. The number of nitrogens with zero attached hydrogens (tertiary/aromatic N) is 3. The molecule has 32 heavy (non-hydrogen) atoms. The van der Waals surface area contributed by atoms with Crippen molar-refractivity contribution in [2.75, 3.05) is 12.3 Å². The molecule has 2 aromatic rings. The first-order valence-corrected chi connectivity index (χ1v) is 12.9. The molecular weight excluding hydrogens is 432 g/mol. The maximum atomic E-state index is 13.3. The third-order valence-corrected chi connectivity index (χ3v) is 8.43. The lowest BCUT2D eigenvalue weighted by Gasteiger charge is -2.34. The number of hydrogen-bond acceptors (Lipinski definition) is 6. The van der Waals surface area contributed by atoms with Crippen LogP contribution in [0.4, 0.5) is 4.79 Å². The number of benzene rings is 1. The molecule has 1 aromatic heterocycles. The van der Waals surface area contributed by atoms with E-state index in [9.17, 15) is 18.3 Å². The second kappa shape index (κ2) is 9.99. The van der Waals surface area contributed by atoms with Crippen molar-refractivity contribution >= 4 is 16.1 Å². The van der Waals surface area contributed by atoms with E-state index in [4.69, 9.17) is 4.52 Å². The second-order valence-electron chi connectivity index (χ2n) is 8.69. The number of carbonyl (C=O) groups is 1. The quantitative estimate of drug-likeness (QED) is 0.640. The van der Waals surface area contributed by atoms with Gasteiger partial charge in [-0.25, -0.2) is 13.2 Å². The molecule has 1 saturated carbocycles. The Morgan fingerprint density at radius 2 is 1.84 bits per heavy atom. The molecule has 2 atom stereocenters. The summed E-state index contributed by atoms with van der Waals surface area (Å²) in [6, 6.07) is 7.64. The van der Waals surface area contributed by atoms with Crippen LogP contribution in [0.1, 0.15) is 80.7 Å². The van der Waals surface area contributed by atoms with Gasteiger partial charge in [0.2, 0.25) is 10.0 Å². The van der Waals surface area contributed by atoms with Crippen LogP contribution in [0.5, 0.6) is 0 Å². The lowest BCUT2D eigenvalue weighted by atomic mass is 9.91. The fourth-order valence-electron chi connectivity index (χ4n) is 4.80. The minimum absolute atomic E-state index is 0.101. The first kappa shape index (κ1) is 22.7. The van der Waals surface area contributed by atoms with Gasteiger partial charge in [-0.05, 0) is 37.2 Å². The Hall–Kier alpha value is -2.46. The van der Waals surface area contributed by atoms with Crippen molar-refractivity contribution in [2.45, 2.75) is 63.5 Å². The Kier molecular flexibility index (Phi) is 7.10. The van der Waals surface area contributed by atoms with Crippen molar-refractivity contribution in [1.29, 1.82) is 0 Å². The van der Waals surface area contributed by atoms with Crippen molar-refractivity contribution in [2.24, 2.45) is 5.92 Å². The first-order valence-electron chi connectivity index (χ1n) is 11.3. The van der Waals surface area contributed by atoms with Crippen molar-refractivity contribution in [1.82, 2.24) is 19.8 Å². The van der Waals surface area contributed by atoms with Gasteiger partial charge in [-0.1, -0.05) is 61.2 Å². The van der Waals surface area contributed by atoms with Crippen molar-refractivity contribution in [3.8, 4) is 0 Å².